The lowest BCUT2D eigenvalue weighted by Crippen LogP contribution is -2.36. The number of ether oxygens (including phenoxy) is 1. The molecule has 0 aromatic heterocycles. The number of carbonyl (C=O) groups excluding carboxylic acids is 1. The number of hydrogen-bond acceptors (Lipinski definition) is 3. The topological polar surface area (TPSA) is 38.7 Å². The van der Waals surface area contributed by atoms with Crippen LogP contribution < -0.4 is 0 Å². The van der Waals surface area contributed by atoms with Gasteiger partial charge in [-0.3, -0.25) is 0 Å². The molecule has 0 aromatic carbocycles. The van der Waals surface area contributed by atoms with Crippen LogP contribution in [0.4, 0.5) is 0 Å². The van der Waals surface area contributed by atoms with Gasteiger partial charge in [-0.05, 0) is 19.3 Å². The van der Waals surface area contributed by atoms with Crippen LogP contribution in [0.25, 0.3) is 0 Å². The van der Waals surface area contributed by atoms with Crippen molar-refractivity contribution in [2.75, 3.05) is 7.11 Å². The van der Waals surface area contributed by atoms with E-state index >= 15 is 0 Å². The van der Waals surface area contributed by atoms with Crippen molar-refractivity contribution in [1.29, 1.82) is 0 Å². The van der Waals surface area contributed by atoms with Gasteiger partial charge in [-0.2, -0.15) is 4.99 Å². The van der Waals surface area contributed by atoms with E-state index in [4.69, 9.17) is 4.74 Å². The van der Waals surface area contributed by atoms with E-state index < -0.39 is 5.72 Å². The van der Waals surface area contributed by atoms with E-state index in [0.29, 0.717) is 0 Å². The first-order valence-corrected chi connectivity index (χ1v) is 2.97. The summed E-state index contributed by atoms with van der Waals surface area (Å²) in [6.45, 7) is 0. The normalized spacial score (nSPS) is 21.9. The summed E-state index contributed by atoms with van der Waals surface area (Å²) in [6, 6.07) is 0. The van der Waals surface area contributed by atoms with E-state index in [-0.39, 0.29) is 0 Å². The van der Waals surface area contributed by atoms with Crippen LogP contribution >= 0.6 is 0 Å². The van der Waals surface area contributed by atoms with E-state index in [9.17, 15) is 4.79 Å². The molecule has 0 N–H and O–H groups in total. The first kappa shape index (κ1) is 6.46. The second kappa shape index (κ2) is 2.29. The van der Waals surface area contributed by atoms with Gasteiger partial charge in [0.05, 0.1) is 0 Å². The molecule has 0 radical (unpaired) electrons. The number of nitrogens with zero attached hydrogens (tertiary/aromatic N) is 1. The average Bonchev–Trinajstić information content (AvgIpc) is 1.79. The van der Waals surface area contributed by atoms with Crippen molar-refractivity contribution in [3.63, 3.8) is 0 Å². The molecule has 3 heteroatoms. The number of hydrogen-bond donors (Lipinski definition) is 0. The van der Waals surface area contributed by atoms with Gasteiger partial charge in [0.1, 0.15) is 0 Å². The van der Waals surface area contributed by atoms with Gasteiger partial charge in [0.15, 0.2) is 5.72 Å². The Kier molecular flexibility index (Phi) is 1.65. The highest BCUT2D eigenvalue weighted by Crippen LogP contribution is 2.35. The molecular formula is C6H9NO2. The predicted octanol–water partition coefficient (Wildman–Crippen LogP) is 0.849. The predicted molar refractivity (Wildman–Crippen MR) is 31.7 cm³/mol. The Hall–Kier alpha value is -0.660. The molecule has 0 unspecified atom stereocenters. The van der Waals surface area contributed by atoms with Crippen molar-refractivity contribution in [2.24, 2.45) is 4.99 Å². The first-order valence-electron chi connectivity index (χ1n) is 2.97. The van der Waals surface area contributed by atoms with Gasteiger partial charge in [-0.1, -0.05) is 0 Å². The smallest absolute Gasteiger partial charge is 0.237 e. The third kappa shape index (κ3) is 1.02. The van der Waals surface area contributed by atoms with Crippen molar-refractivity contribution < 1.29 is 9.53 Å². The largest absolute Gasteiger partial charge is 0.356 e. The molecule has 0 aromatic rings. The lowest BCUT2D eigenvalue weighted by Gasteiger charge is -2.34. The summed E-state index contributed by atoms with van der Waals surface area (Å²) in [5.41, 5.74) is -0.484. The third-order valence-corrected chi connectivity index (χ3v) is 1.76. The van der Waals surface area contributed by atoms with Crippen molar-refractivity contribution in [3.05, 3.63) is 0 Å². The minimum absolute atomic E-state index is 0.484. The van der Waals surface area contributed by atoms with Crippen LogP contribution in [0.3, 0.4) is 0 Å². The molecule has 0 atom stereocenters. The zero-order valence-electron chi connectivity index (χ0n) is 5.39. The van der Waals surface area contributed by atoms with Gasteiger partial charge in [0.25, 0.3) is 0 Å². The highest BCUT2D eigenvalue weighted by molar-refractivity contribution is 5.34. The second-order valence-electron chi connectivity index (χ2n) is 2.21. The quantitative estimate of drug-likeness (QED) is 0.407. The Balaban J connectivity index is 2.56. The van der Waals surface area contributed by atoms with Crippen LogP contribution in [0.2, 0.25) is 0 Å². The molecule has 9 heavy (non-hydrogen) atoms. The monoisotopic (exact) mass is 127 g/mol. The SMILES string of the molecule is COC1(N=C=O)CCC1. The van der Waals surface area contributed by atoms with Crippen molar-refractivity contribution in [3.8, 4) is 0 Å². The number of methoxy groups -OCH3 is 1. The zero-order chi connectivity index (χ0) is 6.74. The summed E-state index contributed by atoms with van der Waals surface area (Å²) in [5, 5.41) is 0. The fourth-order valence-electron chi connectivity index (χ4n) is 0.924. The maximum atomic E-state index is 9.80. The summed E-state index contributed by atoms with van der Waals surface area (Å²) in [5.74, 6) is 0. The van der Waals surface area contributed by atoms with Gasteiger partial charge in [-0.25, -0.2) is 4.79 Å². The Morgan fingerprint density at radius 3 is 2.44 bits per heavy atom. The molecule has 0 spiro atoms. The highest BCUT2D eigenvalue weighted by atomic mass is 16.5. The molecule has 1 rings (SSSR count). The minimum Gasteiger partial charge on any atom is -0.356 e. The Labute approximate surface area is 53.7 Å². The van der Waals surface area contributed by atoms with Crippen LogP contribution in [-0.4, -0.2) is 18.9 Å². The summed E-state index contributed by atoms with van der Waals surface area (Å²) >= 11 is 0. The molecular weight excluding hydrogens is 118 g/mol. The van der Waals surface area contributed by atoms with Gasteiger partial charge in [0, 0.05) is 7.11 Å². The zero-order valence-corrected chi connectivity index (χ0v) is 5.39. The molecule has 50 valence electrons. The summed E-state index contributed by atoms with van der Waals surface area (Å²) in [4.78, 5) is 13.4. The highest BCUT2D eigenvalue weighted by Gasteiger charge is 2.36. The van der Waals surface area contributed by atoms with E-state index in [0.717, 1.165) is 19.3 Å². The maximum Gasteiger partial charge on any atom is 0.237 e. The molecule has 0 saturated heterocycles. The van der Waals surface area contributed by atoms with E-state index in [1.807, 2.05) is 0 Å². The Morgan fingerprint density at radius 1 is 1.67 bits per heavy atom. The average molecular weight is 127 g/mol. The van der Waals surface area contributed by atoms with E-state index in [1.54, 1.807) is 7.11 Å². The second-order valence-corrected chi connectivity index (χ2v) is 2.21. The third-order valence-electron chi connectivity index (χ3n) is 1.76. The van der Waals surface area contributed by atoms with Gasteiger partial charge in [0.2, 0.25) is 6.08 Å². The Morgan fingerprint density at radius 2 is 2.33 bits per heavy atom. The molecule has 1 aliphatic carbocycles. The van der Waals surface area contributed by atoms with Crippen molar-refractivity contribution >= 4 is 6.08 Å². The fraction of sp³-hybridized carbons (Fsp3) is 0.833. The van der Waals surface area contributed by atoms with Gasteiger partial charge in [-0.15, -0.1) is 0 Å². The lowest BCUT2D eigenvalue weighted by molar-refractivity contribution is -0.0637. The molecule has 0 amide bonds. The van der Waals surface area contributed by atoms with Crippen LogP contribution in [-0.2, 0) is 9.53 Å². The molecule has 0 aliphatic heterocycles. The minimum atomic E-state index is -0.484. The van der Waals surface area contributed by atoms with Gasteiger partial charge < -0.3 is 4.74 Å². The summed E-state index contributed by atoms with van der Waals surface area (Å²) < 4.78 is 4.98. The molecule has 1 fully saturated rings. The number of isocyanates is 1. The summed E-state index contributed by atoms with van der Waals surface area (Å²) in [6.07, 6.45) is 4.33. The fourth-order valence-corrected chi connectivity index (χ4v) is 0.924. The van der Waals surface area contributed by atoms with Crippen molar-refractivity contribution in [2.45, 2.75) is 25.0 Å². The standard InChI is InChI=1S/C6H9NO2/c1-9-6(7-5-8)3-2-4-6/h2-4H2,1H3. The van der Waals surface area contributed by atoms with E-state index in [1.165, 1.54) is 6.08 Å². The molecule has 0 heterocycles. The van der Waals surface area contributed by atoms with E-state index in [2.05, 4.69) is 4.99 Å². The van der Waals surface area contributed by atoms with Gasteiger partial charge >= 0.3 is 0 Å². The maximum absolute atomic E-state index is 9.80. The van der Waals surface area contributed by atoms with Crippen LogP contribution in [0.1, 0.15) is 19.3 Å². The van der Waals surface area contributed by atoms with Crippen molar-refractivity contribution in [1.82, 2.24) is 0 Å². The molecule has 3 nitrogen and oxygen atoms in total. The molecule has 1 aliphatic rings. The molecule has 0 bridgehead atoms. The number of aliphatic imine (C=N–C) groups is 1. The molecule has 1 saturated carbocycles. The number of rotatable bonds is 2. The lowest BCUT2D eigenvalue weighted by atomic mass is 9.89. The van der Waals surface area contributed by atoms with Crippen LogP contribution in [0.5, 0.6) is 0 Å². The summed E-state index contributed by atoms with van der Waals surface area (Å²) in [7, 11) is 1.57. The first-order chi connectivity index (χ1) is 4.33. The Bertz CT molecular complexity index is 140. The van der Waals surface area contributed by atoms with Crippen LogP contribution in [0.15, 0.2) is 4.99 Å². The van der Waals surface area contributed by atoms with Crippen LogP contribution in [0, 0.1) is 0 Å².